The number of allylic oxidation sites excluding steroid dienone is 2. The number of rotatable bonds is 9. The van der Waals surface area contributed by atoms with Crippen molar-refractivity contribution in [2.45, 2.75) is 76.9 Å². The maximum absolute atomic E-state index is 10.8. The van der Waals surface area contributed by atoms with Gasteiger partial charge in [0.05, 0.1) is 12.2 Å². The molecule has 4 N–H and O–H groups in total. The normalized spacial score (nSPS) is 32.5. The largest absolute Gasteiger partial charge is 0.392 e. The van der Waals surface area contributed by atoms with Gasteiger partial charge in [-0.25, -0.2) is 0 Å². The van der Waals surface area contributed by atoms with Gasteiger partial charge in [-0.1, -0.05) is 50.0 Å². The molecule has 2 saturated carbocycles. The number of aliphatic hydroxyl groups is 2. The number of hydrogen-bond acceptors (Lipinski definition) is 3. The number of aliphatic hydroxyl groups excluding tert-OH is 2. The monoisotopic (exact) mass is 335 g/mol. The average Bonchev–Trinajstić information content (AvgIpc) is 3.02. The zero-order valence-electron chi connectivity index (χ0n) is 14.9. The third-order valence-corrected chi connectivity index (χ3v) is 5.59. The van der Waals surface area contributed by atoms with Gasteiger partial charge in [-0.05, 0) is 43.9 Å². The molecule has 0 saturated heterocycles. The summed E-state index contributed by atoms with van der Waals surface area (Å²) in [6.45, 7) is 2.16. The SMILES string of the molecule is CCCCC[C@H](O)C=C[C@@H]1[C@H]2CC(=CCCC(N)=O)C[C@H]2C[C@H]1O. The highest BCUT2D eigenvalue weighted by atomic mass is 16.3. The van der Waals surface area contributed by atoms with E-state index in [1.165, 1.54) is 5.57 Å². The summed E-state index contributed by atoms with van der Waals surface area (Å²) >= 11 is 0. The highest BCUT2D eigenvalue weighted by Gasteiger charge is 2.44. The molecule has 0 radical (unpaired) electrons. The number of nitrogens with two attached hydrogens (primary N) is 1. The van der Waals surface area contributed by atoms with Crippen LogP contribution in [0.4, 0.5) is 0 Å². The molecule has 5 atom stereocenters. The number of amides is 1. The lowest BCUT2D eigenvalue weighted by Crippen LogP contribution is -2.17. The molecule has 2 fully saturated rings. The molecule has 0 aromatic heterocycles. The summed E-state index contributed by atoms with van der Waals surface area (Å²) in [4.78, 5) is 10.8. The maximum atomic E-state index is 10.8. The van der Waals surface area contributed by atoms with Gasteiger partial charge >= 0.3 is 0 Å². The van der Waals surface area contributed by atoms with E-state index < -0.39 is 6.10 Å². The fraction of sp³-hybridized carbons (Fsp3) is 0.750. The summed E-state index contributed by atoms with van der Waals surface area (Å²) in [5, 5.41) is 20.4. The Balaban J connectivity index is 1.86. The van der Waals surface area contributed by atoms with Gasteiger partial charge < -0.3 is 15.9 Å². The first-order chi connectivity index (χ1) is 11.5. The van der Waals surface area contributed by atoms with E-state index in [4.69, 9.17) is 5.73 Å². The zero-order valence-corrected chi connectivity index (χ0v) is 14.9. The Bertz CT molecular complexity index is 472. The standard InChI is InChI=1S/C20H33NO3/c1-2-3-4-7-16(22)9-10-17-18-12-14(6-5-8-20(21)24)11-15(18)13-19(17)23/h6,9-10,15-19,22-23H,2-5,7-8,11-13H2,1H3,(H2,21,24)/t15-,16-,17+,18-,19+/m0/s1. The smallest absolute Gasteiger partial charge is 0.217 e. The van der Waals surface area contributed by atoms with Gasteiger partial charge in [-0.2, -0.15) is 0 Å². The van der Waals surface area contributed by atoms with Crippen LogP contribution in [0.2, 0.25) is 0 Å². The minimum Gasteiger partial charge on any atom is -0.392 e. The van der Waals surface area contributed by atoms with Crippen LogP contribution in [0.15, 0.2) is 23.8 Å². The van der Waals surface area contributed by atoms with Crippen molar-refractivity contribution in [1.29, 1.82) is 0 Å². The van der Waals surface area contributed by atoms with Crippen LogP contribution in [0.3, 0.4) is 0 Å². The highest BCUT2D eigenvalue weighted by molar-refractivity contribution is 5.73. The number of carbonyl (C=O) groups is 1. The second-order valence-corrected chi connectivity index (χ2v) is 7.53. The van der Waals surface area contributed by atoms with Gasteiger partial charge in [0.1, 0.15) is 0 Å². The second-order valence-electron chi connectivity index (χ2n) is 7.53. The maximum Gasteiger partial charge on any atom is 0.217 e. The number of fused-ring (bicyclic) bond motifs is 1. The first-order valence-corrected chi connectivity index (χ1v) is 9.52. The van der Waals surface area contributed by atoms with Crippen LogP contribution in [0, 0.1) is 17.8 Å². The molecule has 2 aliphatic carbocycles. The number of unbranched alkanes of at least 4 members (excludes halogenated alkanes) is 2. The topological polar surface area (TPSA) is 83.5 Å². The van der Waals surface area contributed by atoms with Crippen molar-refractivity contribution in [3.63, 3.8) is 0 Å². The molecule has 0 aliphatic heterocycles. The van der Waals surface area contributed by atoms with Crippen LogP contribution >= 0.6 is 0 Å². The molecule has 0 aromatic carbocycles. The van der Waals surface area contributed by atoms with Crippen molar-refractivity contribution in [3.05, 3.63) is 23.8 Å². The number of hydrogen-bond donors (Lipinski definition) is 3. The van der Waals surface area contributed by atoms with Crippen LogP contribution in [0.5, 0.6) is 0 Å². The van der Waals surface area contributed by atoms with Gasteiger partial charge in [0.25, 0.3) is 0 Å². The van der Waals surface area contributed by atoms with E-state index in [1.54, 1.807) is 0 Å². The Morgan fingerprint density at radius 3 is 2.88 bits per heavy atom. The van der Waals surface area contributed by atoms with Crippen molar-refractivity contribution in [2.24, 2.45) is 23.5 Å². The summed E-state index contributed by atoms with van der Waals surface area (Å²) in [5.41, 5.74) is 6.59. The van der Waals surface area contributed by atoms with Crippen LogP contribution in [-0.4, -0.2) is 28.3 Å². The Hall–Kier alpha value is -1.13. The van der Waals surface area contributed by atoms with Crippen LogP contribution in [0.1, 0.15) is 64.7 Å². The Morgan fingerprint density at radius 2 is 2.17 bits per heavy atom. The van der Waals surface area contributed by atoms with Crippen LogP contribution in [0.25, 0.3) is 0 Å². The molecule has 4 nitrogen and oxygen atoms in total. The molecule has 1 amide bonds. The lowest BCUT2D eigenvalue weighted by Gasteiger charge is -2.17. The average molecular weight is 335 g/mol. The van der Waals surface area contributed by atoms with Crippen LogP contribution in [-0.2, 0) is 4.79 Å². The van der Waals surface area contributed by atoms with Gasteiger partial charge in [0.2, 0.25) is 5.91 Å². The van der Waals surface area contributed by atoms with E-state index in [1.807, 2.05) is 6.08 Å². The van der Waals surface area contributed by atoms with Crippen molar-refractivity contribution < 1.29 is 15.0 Å². The van der Waals surface area contributed by atoms with E-state index in [9.17, 15) is 15.0 Å². The minimum absolute atomic E-state index is 0.151. The molecule has 2 aliphatic rings. The van der Waals surface area contributed by atoms with Gasteiger partial charge in [0.15, 0.2) is 0 Å². The predicted octanol–water partition coefficient (Wildman–Crippen LogP) is 3.08. The van der Waals surface area contributed by atoms with E-state index in [2.05, 4.69) is 19.1 Å². The van der Waals surface area contributed by atoms with E-state index in [0.717, 1.165) is 51.4 Å². The molecule has 24 heavy (non-hydrogen) atoms. The third-order valence-electron chi connectivity index (χ3n) is 5.59. The molecule has 0 unspecified atom stereocenters. The molecule has 4 heteroatoms. The van der Waals surface area contributed by atoms with Crippen LogP contribution < -0.4 is 5.73 Å². The van der Waals surface area contributed by atoms with Gasteiger partial charge in [-0.15, -0.1) is 0 Å². The van der Waals surface area contributed by atoms with E-state index in [0.29, 0.717) is 18.3 Å². The van der Waals surface area contributed by atoms with E-state index in [-0.39, 0.29) is 17.9 Å². The Labute approximate surface area is 145 Å². The zero-order chi connectivity index (χ0) is 17.5. The highest BCUT2D eigenvalue weighted by Crippen LogP contribution is 2.50. The van der Waals surface area contributed by atoms with Crippen molar-refractivity contribution in [2.75, 3.05) is 0 Å². The van der Waals surface area contributed by atoms with Crippen molar-refractivity contribution in [3.8, 4) is 0 Å². The Morgan fingerprint density at radius 1 is 1.38 bits per heavy atom. The minimum atomic E-state index is -0.394. The first-order valence-electron chi connectivity index (χ1n) is 9.52. The molecule has 136 valence electrons. The molecule has 0 aromatic rings. The quantitative estimate of drug-likeness (QED) is 0.447. The molecular weight excluding hydrogens is 302 g/mol. The Kier molecular flexibility index (Phi) is 7.50. The summed E-state index contributed by atoms with van der Waals surface area (Å²) in [5.74, 6) is 0.904. The molecule has 0 heterocycles. The molecule has 0 spiro atoms. The first kappa shape index (κ1) is 19.2. The second kappa shape index (κ2) is 9.38. The number of carbonyl (C=O) groups excluding carboxylic acids is 1. The van der Waals surface area contributed by atoms with Gasteiger partial charge in [0, 0.05) is 12.3 Å². The molecule has 2 rings (SSSR count). The summed E-state index contributed by atoms with van der Waals surface area (Å²) < 4.78 is 0. The van der Waals surface area contributed by atoms with Crippen molar-refractivity contribution in [1.82, 2.24) is 0 Å². The van der Waals surface area contributed by atoms with E-state index >= 15 is 0 Å². The fourth-order valence-corrected chi connectivity index (χ4v) is 4.31. The lowest BCUT2D eigenvalue weighted by atomic mass is 9.90. The predicted molar refractivity (Wildman–Crippen MR) is 96.1 cm³/mol. The van der Waals surface area contributed by atoms with Crippen molar-refractivity contribution >= 4 is 5.91 Å². The summed E-state index contributed by atoms with van der Waals surface area (Å²) in [6.07, 6.45) is 13.6. The summed E-state index contributed by atoms with van der Waals surface area (Å²) in [7, 11) is 0. The summed E-state index contributed by atoms with van der Waals surface area (Å²) in [6, 6.07) is 0. The molecular formula is C20H33NO3. The third kappa shape index (κ3) is 5.45. The number of primary amides is 1. The fourth-order valence-electron chi connectivity index (χ4n) is 4.31. The molecule has 0 bridgehead atoms. The van der Waals surface area contributed by atoms with Gasteiger partial charge in [-0.3, -0.25) is 4.79 Å². The lowest BCUT2D eigenvalue weighted by molar-refractivity contribution is -0.117.